The first kappa shape index (κ1) is 16.1. The Bertz CT molecular complexity index is 814. The zero-order valence-electron chi connectivity index (χ0n) is 13.6. The number of anilines is 1. The highest BCUT2D eigenvalue weighted by Gasteiger charge is 2.14. The van der Waals surface area contributed by atoms with E-state index < -0.39 is 0 Å². The summed E-state index contributed by atoms with van der Waals surface area (Å²) in [6.07, 6.45) is 2.86. The van der Waals surface area contributed by atoms with Crippen molar-refractivity contribution in [3.05, 3.63) is 54.2 Å². The Balaban J connectivity index is 1.79. The van der Waals surface area contributed by atoms with Gasteiger partial charge < -0.3 is 4.74 Å². The molecule has 0 unspecified atom stereocenters. The van der Waals surface area contributed by atoms with Crippen LogP contribution in [-0.2, 0) is 22.5 Å². The maximum absolute atomic E-state index is 12.3. The van der Waals surface area contributed by atoms with E-state index in [1.165, 1.54) is 0 Å². The number of fused-ring (bicyclic) bond motifs is 1. The third-order valence-corrected chi connectivity index (χ3v) is 3.69. The Hall–Kier alpha value is -2.73. The van der Waals surface area contributed by atoms with Crippen LogP contribution in [0.5, 0.6) is 0 Å². The molecule has 0 fully saturated rings. The number of benzene rings is 1. The predicted molar refractivity (Wildman–Crippen MR) is 92.8 cm³/mol. The molecule has 0 atom stereocenters. The average molecular weight is 324 g/mol. The van der Waals surface area contributed by atoms with Crippen molar-refractivity contribution in [3.63, 3.8) is 0 Å². The van der Waals surface area contributed by atoms with Crippen molar-refractivity contribution < 1.29 is 9.53 Å². The Morgan fingerprint density at radius 2 is 2.04 bits per heavy atom. The van der Waals surface area contributed by atoms with Gasteiger partial charge in [0, 0.05) is 26.5 Å². The van der Waals surface area contributed by atoms with Gasteiger partial charge >= 0.3 is 0 Å². The van der Waals surface area contributed by atoms with Crippen molar-refractivity contribution in [1.29, 1.82) is 0 Å². The first-order valence-corrected chi connectivity index (χ1v) is 7.92. The molecule has 2 heterocycles. The number of rotatable bonds is 7. The van der Waals surface area contributed by atoms with Gasteiger partial charge in [-0.2, -0.15) is 0 Å². The lowest BCUT2D eigenvalue weighted by molar-refractivity contribution is -0.115. The molecule has 0 aliphatic carbocycles. The van der Waals surface area contributed by atoms with E-state index in [2.05, 4.69) is 15.3 Å². The molecule has 0 aliphatic rings. The van der Waals surface area contributed by atoms with Gasteiger partial charge in [-0.25, -0.2) is 9.97 Å². The predicted octanol–water partition coefficient (Wildman–Crippen LogP) is 2.65. The fraction of sp³-hybridized carbons (Fsp3) is 0.278. The van der Waals surface area contributed by atoms with Gasteiger partial charge in [0.05, 0.1) is 6.42 Å². The normalized spacial score (nSPS) is 10.9. The summed E-state index contributed by atoms with van der Waals surface area (Å²) in [5, 5.41) is 2.91. The molecule has 6 nitrogen and oxygen atoms in total. The topological polar surface area (TPSA) is 69.0 Å². The molecule has 6 heteroatoms. The monoisotopic (exact) mass is 324 g/mol. The van der Waals surface area contributed by atoms with Gasteiger partial charge in [0.15, 0.2) is 5.65 Å². The summed E-state index contributed by atoms with van der Waals surface area (Å²) in [6, 6.07) is 13.4. The van der Waals surface area contributed by atoms with Crippen LogP contribution >= 0.6 is 0 Å². The molecule has 0 saturated heterocycles. The van der Waals surface area contributed by atoms with Crippen LogP contribution in [0.2, 0.25) is 0 Å². The zero-order chi connectivity index (χ0) is 16.8. The highest BCUT2D eigenvalue weighted by Crippen LogP contribution is 2.18. The van der Waals surface area contributed by atoms with E-state index in [0.29, 0.717) is 25.5 Å². The molecule has 0 aliphatic heterocycles. The Kier molecular flexibility index (Phi) is 5.18. The summed E-state index contributed by atoms with van der Waals surface area (Å²) < 4.78 is 7.04. The third-order valence-electron chi connectivity index (χ3n) is 3.69. The molecule has 2 aromatic heterocycles. The van der Waals surface area contributed by atoms with Crippen molar-refractivity contribution in [2.75, 3.05) is 19.0 Å². The van der Waals surface area contributed by atoms with E-state index in [9.17, 15) is 4.79 Å². The van der Waals surface area contributed by atoms with E-state index in [-0.39, 0.29) is 5.91 Å². The van der Waals surface area contributed by atoms with Crippen molar-refractivity contribution in [1.82, 2.24) is 14.5 Å². The summed E-state index contributed by atoms with van der Waals surface area (Å²) in [5.74, 6) is 0.435. The lowest BCUT2D eigenvalue weighted by atomic mass is 10.1. The molecule has 1 N–H and O–H groups in total. The molecule has 24 heavy (non-hydrogen) atoms. The van der Waals surface area contributed by atoms with Gasteiger partial charge in [-0.05, 0) is 24.1 Å². The van der Waals surface area contributed by atoms with Gasteiger partial charge in [-0.3, -0.25) is 14.7 Å². The number of pyridine rings is 1. The van der Waals surface area contributed by atoms with Crippen LogP contribution < -0.4 is 5.32 Å². The van der Waals surface area contributed by atoms with E-state index in [4.69, 9.17) is 4.74 Å². The second-order valence-electron chi connectivity index (χ2n) is 5.49. The number of aryl methyl sites for hydroxylation is 1. The lowest BCUT2D eigenvalue weighted by Gasteiger charge is -2.09. The van der Waals surface area contributed by atoms with Gasteiger partial charge in [0.25, 0.3) is 0 Å². The number of amides is 1. The minimum absolute atomic E-state index is 0.0931. The fourth-order valence-electron chi connectivity index (χ4n) is 2.58. The zero-order valence-corrected chi connectivity index (χ0v) is 13.6. The van der Waals surface area contributed by atoms with Crippen molar-refractivity contribution in [3.8, 4) is 0 Å². The van der Waals surface area contributed by atoms with Crippen LogP contribution in [-0.4, -0.2) is 34.2 Å². The fourth-order valence-corrected chi connectivity index (χ4v) is 2.58. The molecule has 124 valence electrons. The van der Waals surface area contributed by atoms with Crippen molar-refractivity contribution in [2.24, 2.45) is 0 Å². The SMILES string of the molecule is COCCCn1c(NC(=O)Cc2ccccc2)nc2cccnc21. The molecule has 0 spiro atoms. The maximum atomic E-state index is 12.3. The van der Waals surface area contributed by atoms with Crippen LogP contribution in [0.4, 0.5) is 5.95 Å². The van der Waals surface area contributed by atoms with Gasteiger partial charge in [-0.1, -0.05) is 30.3 Å². The first-order chi connectivity index (χ1) is 11.8. The quantitative estimate of drug-likeness (QED) is 0.678. The third kappa shape index (κ3) is 3.78. The molecule has 3 aromatic rings. The number of hydrogen-bond acceptors (Lipinski definition) is 4. The second kappa shape index (κ2) is 7.70. The number of imidazole rings is 1. The Labute approximate surface area is 140 Å². The number of carbonyl (C=O) groups is 1. The van der Waals surface area contributed by atoms with E-state index >= 15 is 0 Å². The number of methoxy groups -OCH3 is 1. The van der Waals surface area contributed by atoms with E-state index in [0.717, 1.165) is 23.1 Å². The number of ether oxygens (including phenoxy) is 1. The van der Waals surface area contributed by atoms with Crippen LogP contribution in [0, 0.1) is 0 Å². The number of carbonyl (C=O) groups excluding carboxylic acids is 1. The standard InChI is InChI=1S/C18H20N4O2/c1-24-12-6-11-22-17-15(9-5-10-19-17)20-18(22)21-16(23)13-14-7-3-2-4-8-14/h2-5,7-10H,6,11-13H2,1H3,(H,20,21,23). The second-order valence-corrected chi connectivity index (χ2v) is 5.49. The molecule has 0 saturated carbocycles. The molecule has 1 aromatic carbocycles. The van der Waals surface area contributed by atoms with Gasteiger partial charge in [0.1, 0.15) is 5.52 Å². The minimum Gasteiger partial charge on any atom is -0.385 e. The number of hydrogen-bond donors (Lipinski definition) is 1. The van der Waals surface area contributed by atoms with Crippen LogP contribution in [0.1, 0.15) is 12.0 Å². The summed E-state index contributed by atoms with van der Waals surface area (Å²) in [6.45, 7) is 1.33. The molecule has 0 radical (unpaired) electrons. The summed E-state index contributed by atoms with van der Waals surface area (Å²) in [7, 11) is 1.67. The van der Waals surface area contributed by atoms with Crippen LogP contribution in [0.3, 0.4) is 0 Å². The molecular formula is C18H20N4O2. The lowest BCUT2D eigenvalue weighted by Crippen LogP contribution is -2.18. The smallest absolute Gasteiger partial charge is 0.231 e. The van der Waals surface area contributed by atoms with Gasteiger partial charge in [0.2, 0.25) is 11.9 Å². The van der Waals surface area contributed by atoms with E-state index in [1.807, 2.05) is 47.0 Å². The average Bonchev–Trinajstić information content (AvgIpc) is 2.93. The van der Waals surface area contributed by atoms with Crippen molar-refractivity contribution in [2.45, 2.75) is 19.4 Å². The van der Waals surface area contributed by atoms with Crippen molar-refractivity contribution >= 4 is 23.0 Å². The summed E-state index contributed by atoms with van der Waals surface area (Å²) in [5.41, 5.74) is 2.50. The molecule has 1 amide bonds. The summed E-state index contributed by atoms with van der Waals surface area (Å²) >= 11 is 0. The maximum Gasteiger partial charge on any atom is 0.231 e. The highest BCUT2D eigenvalue weighted by atomic mass is 16.5. The highest BCUT2D eigenvalue weighted by molar-refractivity contribution is 5.92. The molecule has 3 rings (SSSR count). The van der Waals surface area contributed by atoms with E-state index in [1.54, 1.807) is 13.3 Å². The number of nitrogens with one attached hydrogen (secondary N) is 1. The minimum atomic E-state index is -0.0931. The number of aromatic nitrogens is 3. The molecular weight excluding hydrogens is 304 g/mol. The molecule has 0 bridgehead atoms. The van der Waals surface area contributed by atoms with Gasteiger partial charge in [-0.15, -0.1) is 0 Å². The Morgan fingerprint density at radius 3 is 2.83 bits per heavy atom. The van der Waals surface area contributed by atoms with Crippen LogP contribution in [0.15, 0.2) is 48.7 Å². The number of nitrogens with zero attached hydrogens (tertiary/aromatic N) is 3. The summed E-state index contributed by atoms with van der Waals surface area (Å²) in [4.78, 5) is 21.2. The largest absolute Gasteiger partial charge is 0.385 e. The Morgan fingerprint density at radius 1 is 1.21 bits per heavy atom. The van der Waals surface area contributed by atoms with Crippen LogP contribution in [0.25, 0.3) is 11.2 Å². The first-order valence-electron chi connectivity index (χ1n) is 7.92.